The number of hydrogen-bond acceptors (Lipinski definition) is 4. The Kier molecular flexibility index (Phi) is 6.35. The molecule has 160 valence electrons. The van der Waals surface area contributed by atoms with Crippen molar-refractivity contribution in [3.05, 3.63) is 94.5 Å². The number of nitrogens with zero attached hydrogens (tertiary/aromatic N) is 1. The van der Waals surface area contributed by atoms with E-state index in [0.717, 1.165) is 18.8 Å². The van der Waals surface area contributed by atoms with Gasteiger partial charge in [-0.2, -0.15) is 0 Å². The van der Waals surface area contributed by atoms with Crippen molar-refractivity contribution in [2.45, 2.75) is 39.3 Å². The minimum atomic E-state index is -0.544. The zero-order chi connectivity index (χ0) is 21.8. The van der Waals surface area contributed by atoms with Crippen molar-refractivity contribution < 1.29 is 14.7 Å². The predicted octanol–water partition coefficient (Wildman–Crippen LogP) is 5.55. The molecule has 0 aliphatic carbocycles. The fraction of sp³-hybridized carbons (Fsp3) is 0.269. The van der Waals surface area contributed by atoms with Crippen molar-refractivity contribution in [2.75, 3.05) is 6.54 Å². The van der Waals surface area contributed by atoms with Gasteiger partial charge in [0.05, 0.1) is 0 Å². The number of carbonyl (C=O) groups excluding carboxylic acids is 1. The summed E-state index contributed by atoms with van der Waals surface area (Å²) in [5.74, 6) is 0.837. The maximum absolute atomic E-state index is 11.4. The first-order valence-corrected chi connectivity index (χ1v) is 10.7. The molecule has 3 aromatic carbocycles. The lowest BCUT2D eigenvalue weighted by Gasteiger charge is -2.25. The second-order valence-electron chi connectivity index (χ2n) is 8.26. The number of nitrogens with one attached hydrogen (secondary N) is 1. The summed E-state index contributed by atoms with van der Waals surface area (Å²) in [6, 6.07) is 22.2. The molecule has 1 amide bonds. The van der Waals surface area contributed by atoms with Crippen LogP contribution in [0, 0.1) is 13.8 Å². The summed E-state index contributed by atoms with van der Waals surface area (Å²) < 4.78 is 5.88. The van der Waals surface area contributed by atoms with E-state index in [1.165, 1.54) is 35.1 Å². The summed E-state index contributed by atoms with van der Waals surface area (Å²) in [6.07, 6.45) is 2.43. The average molecular weight is 417 g/mol. The smallest absolute Gasteiger partial charge is 0.274 e. The first-order valence-electron chi connectivity index (χ1n) is 10.7. The Labute approximate surface area is 183 Å². The van der Waals surface area contributed by atoms with Gasteiger partial charge in [0.25, 0.3) is 5.91 Å². The van der Waals surface area contributed by atoms with Crippen molar-refractivity contribution >= 4 is 5.91 Å². The molecule has 5 heteroatoms. The van der Waals surface area contributed by atoms with Crippen molar-refractivity contribution in [3.8, 4) is 11.5 Å². The van der Waals surface area contributed by atoms with E-state index in [2.05, 4.69) is 49.1 Å². The minimum Gasteiger partial charge on any atom is -0.457 e. The molecule has 1 saturated heterocycles. The number of likely N-dealkylation sites (tertiary alicyclic amines) is 1. The molecule has 1 heterocycles. The summed E-state index contributed by atoms with van der Waals surface area (Å²) in [5.41, 5.74) is 7.33. The molecule has 31 heavy (non-hydrogen) atoms. The van der Waals surface area contributed by atoms with Crippen LogP contribution >= 0.6 is 0 Å². The molecule has 3 aromatic rings. The molecule has 0 spiro atoms. The molecule has 1 aliphatic rings. The van der Waals surface area contributed by atoms with E-state index in [1.54, 1.807) is 29.7 Å². The lowest BCUT2D eigenvalue weighted by atomic mass is 9.99. The van der Waals surface area contributed by atoms with Gasteiger partial charge < -0.3 is 4.74 Å². The molecule has 2 N–H and O–H groups in total. The number of aryl methyl sites for hydroxylation is 2. The second-order valence-corrected chi connectivity index (χ2v) is 8.26. The molecule has 5 nitrogen and oxygen atoms in total. The van der Waals surface area contributed by atoms with Crippen LogP contribution in [0.1, 0.15) is 51.5 Å². The molecule has 1 fully saturated rings. The molecule has 0 saturated carbocycles. The first-order chi connectivity index (χ1) is 15.0. The zero-order valence-corrected chi connectivity index (χ0v) is 18.0. The molecule has 1 atom stereocenters. The van der Waals surface area contributed by atoms with E-state index in [1.807, 2.05) is 12.1 Å². The van der Waals surface area contributed by atoms with Crippen LogP contribution in [0.3, 0.4) is 0 Å². The average Bonchev–Trinajstić information content (AvgIpc) is 3.22. The first kappa shape index (κ1) is 21.1. The van der Waals surface area contributed by atoms with Crippen LogP contribution in [0.5, 0.6) is 11.5 Å². The highest BCUT2D eigenvalue weighted by Crippen LogP contribution is 2.34. The van der Waals surface area contributed by atoms with Crippen LogP contribution < -0.4 is 10.2 Å². The third-order valence-electron chi connectivity index (χ3n) is 5.76. The Morgan fingerprint density at radius 2 is 1.61 bits per heavy atom. The Morgan fingerprint density at radius 3 is 2.23 bits per heavy atom. The van der Waals surface area contributed by atoms with Gasteiger partial charge in [-0.15, -0.1) is 0 Å². The third-order valence-corrected chi connectivity index (χ3v) is 5.76. The SMILES string of the molecule is Cc1cc(C)cc(C2CCCN2Cc2ccc(Oc3ccc(C(=O)NO)cc3)cc2)c1. The van der Waals surface area contributed by atoms with Crippen LogP contribution in [0.25, 0.3) is 0 Å². The fourth-order valence-corrected chi connectivity index (χ4v) is 4.37. The largest absolute Gasteiger partial charge is 0.457 e. The number of carbonyl (C=O) groups is 1. The highest BCUT2D eigenvalue weighted by Gasteiger charge is 2.26. The van der Waals surface area contributed by atoms with Crippen molar-refractivity contribution in [1.29, 1.82) is 0 Å². The van der Waals surface area contributed by atoms with E-state index in [4.69, 9.17) is 9.94 Å². The van der Waals surface area contributed by atoms with Gasteiger partial charge in [0.1, 0.15) is 11.5 Å². The number of hydrogen-bond donors (Lipinski definition) is 2. The van der Waals surface area contributed by atoms with Gasteiger partial charge >= 0.3 is 0 Å². The van der Waals surface area contributed by atoms with Gasteiger partial charge in [0.2, 0.25) is 0 Å². The summed E-state index contributed by atoms with van der Waals surface area (Å²) in [7, 11) is 0. The van der Waals surface area contributed by atoms with Crippen LogP contribution in [0.2, 0.25) is 0 Å². The van der Waals surface area contributed by atoms with Gasteiger partial charge in [-0.3, -0.25) is 14.9 Å². The second kappa shape index (κ2) is 9.33. The monoisotopic (exact) mass is 416 g/mol. The molecule has 0 aromatic heterocycles. The Bertz CT molecular complexity index is 1030. The molecular weight excluding hydrogens is 388 g/mol. The van der Waals surface area contributed by atoms with E-state index in [-0.39, 0.29) is 0 Å². The van der Waals surface area contributed by atoms with E-state index < -0.39 is 5.91 Å². The summed E-state index contributed by atoms with van der Waals surface area (Å²) in [5, 5.41) is 8.69. The maximum Gasteiger partial charge on any atom is 0.274 e. The standard InChI is InChI=1S/C26H28N2O3/c1-18-14-19(2)16-22(15-18)25-4-3-13-28(25)17-20-5-9-23(10-6-20)31-24-11-7-21(8-12-24)26(29)27-30/h5-12,14-16,25,30H,3-4,13,17H2,1-2H3,(H,27,29). The highest BCUT2D eigenvalue weighted by molar-refractivity contribution is 5.93. The normalized spacial score (nSPS) is 16.3. The predicted molar refractivity (Wildman–Crippen MR) is 121 cm³/mol. The molecule has 0 bridgehead atoms. The highest BCUT2D eigenvalue weighted by atomic mass is 16.5. The van der Waals surface area contributed by atoms with Crippen LogP contribution in [-0.4, -0.2) is 22.6 Å². The van der Waals surface area contributed by atoms with Gasteiger partial charge in [0, 0.05) is 18.2 Å². The number of rotatable bonds is 6. The minimum absolute atomic E-state index is 0.370. The maximum atomic E-state index is 11.4. The Morgan fingerprint density at radius 1 is 1.00 bits per heavy atom. The lowest BCUT2D eigenvalue weighted by Crippen LogP contribution is -2.22. The summed E-state index contributed by atoms with van der Waals surface area (Å²) in [4.78, 5) is 14.0. The number of benzene rings is 3. The van der Waals surface area contributed by atoms with Gasteiger partial charge in [-0.05, 0) is 80.8 Å². The Balaban J connectivity index is 1.40. The number of amides is 1. The van der Waals surface area contributed by atoms with Gasteiger partial charge in [-0.1, -0.05) is 41.5 Å². The lowest BCUT2D eigenvalue weighted by molar-refractivity contribution is 0.0706. The van der Waals surface area contributed by atoms with E-state index in [9.17, 15) is 4.79 Å². The van der Waals surface area contributed by atoms with Crippen molar-refractivity contribution in [2.24, 2.45) is 0 Å². The zero-order valence-electron chi connectivity index (χ0n) is 18.0. The van der Waals surface area contributed by atoms with Crippen LogP contribution in [0.4, 0.5) is 0 Å². The van der Waals surface area contributed by atoms with Crippen LogP contribution in [0.15, 0.2) is 66.7 Å². The number of hydroxylamine groups is 1. The third kappa shape index (κ3) is 5.13. The molecule has 4 rings (SSSR count). The molecule has 1 aliphatic heterocycles. The topological polar surface area (TPSA) is 61.8 Å². The van der Waals surface area contributed by atoms with E-state index in [0.29, 0.717) is 17.4 Å². The molecule has 0 radical (unpaired) electrons. The Hall–Kier alpha value is -3.15. The number of ether oxygens (including phenoxy) is 1. The van der Waals surface area contributed by atoms with E-state index >= 15 is 0 Å². The molecular formula is C26H28N2O3. The van der Waals surface area contributed by atoms with Crippen molar-refractivity contribution in [1.82, 2.24) is 10.4 Å². The van der Waals surface area contributed by atoms with Gasteiger partial charge in [0.15, 0.2) is 0 Å². The molecule has 1 unspecified atom stereocenters. The fourth-order valence-electron chi connectivity index (χ4n) is 4.37. The van der Waals surface area contributed by atoms with Gasteiger partial charge in [-0.25, -0.2) is 5.48 Å². The summed E-state index contributed by atoms with van der Waals surface area (Å²) >= 11 is 0. The quantitative estimate of drug-likeness (QED) is 0.408. The summed E-state index contributed by atoms with van der Waals surface area (Å²) in [6.45, 7) is 6.37. The van der Waals surface area contributed by atoms with Crippen molar-refractivity contribution in [3.63, 3.8) is 0 Å². The van der Waals surface area contributed by atoms with Crippen LogP contribution in [-0.2, 0) is 6.54 Å².